The maximum Gasteiger partial charge on any atom is 0.317 e. The zero-order chi connectivity index (χ0) is 14.9. The molecule has 4 unspecified atom stereocenters. The topological polar surface area (TPSA) is 78.9 Å². The van der Waals surface area contributed by atoms with Gasteiger partial charge in [0.05, 0.1) is 19.3 Å². The van der Waals surface area contributed by atoms with Crippen LogP contribution in [-0.2, 0) is 9.53 Å². The standard InChI is InChI=1S/C14H24N2O4/c1-9-4-5-16(10(2)6-9)13(19)15-11-7-20-8-14(11,3)12(17)18/h9-11H,4-8H2,1-3H3,(H,15,19)(H,17,18). The zero-order valence-corrected chi connectivity index (χ0v) is 12.4. The minimum atomic E-state index is -1.04. The van der Waals surface area contributed by atoms with Crippen molar-refractivity contribution in [2.75, 3.05) is 19.8 Å². The molecule has 6 heteroatoms. The number of hydrogen-bond donors (Lipinski definition) is 2. The van der Waals surface area contributed by atoms with Gasteiger partial charge in [-0.25, -0.2) is 4.79 Å². The molecule has 2 rings (SSSR count). The Bertz CT molecular complexity index is 401. The van der Waals surface area contributed by atoms with Gasteiger partial charge < -0.3 is 20.1 Å². The highest BCUT2D eigenvalue weighted by molar-refractivity contribution is 5.79. The summed E-state index contributed by atoms with van der Waals surface area (Å²) in [6, 6.07) is -0.455. The molecule has 0 aliphatic carbocycles. The van der Waals surface area contributed by atoms with Crippen molar-refractivity contribution >= 4 is 12.0 Å². The van der Waals surface area contributed by atoms with Gasteiger partial charge in [-0.15, -0.1) is 0 Å². The predicted octanol–water partition coefficient (Wildman–Crippen LogP) is 1.31. The Morgan fingerprint density at radius 1 is 1.40 bits per heavy atom. The van der Waals surface area contributed by atoms with Gasteiger partial charge in [-0.3, -0.25) is 4.79 Å². The van der Waals surface area contributed by atoms with Gasteiger partial charge in [0.1, 0.15) is 5.41 Å². The quantitative estimate of drug-likeness (QED) is 0.801. The molecule has 0 aromatic heterocycles. The second kappa shape index (κ2) is 5.60. The van der Waals surface area contributed by atoms with E-state index >= 15 is 0 Å². The van der Waals surface area contributed by atoms with E-state index in [1.807, 2.05) is 6.92 Å². The van der Waals surface area contributed by atoms with Crippen LogP contribution in [0, 0.1) is 11.3 Å². The summed E-state index contributed by atoms with van der Waals surface area (Å²) in [4.78, 5) is 25.5. The number of carbonyl (C=O) groups excluding carboxylic acids is 1. The summed E-state index contributed by atoms with van der Waals surface area (Å²) in [5.74, 6) is -0.297. The molecular weight excluding hydrogens is 260 g/mol. The molecule has 2 aliphatic rings. The molecule has 0 spiro atoms. The van der Waals surface area contributed by atoms with Crippen LogP contribution in [-0.4, -0.2) is 53.8 Å². The first-order valence-corrected chi connectivity index (χ1v) is 7.23. The second-order valence-electron chi connectivity index (χ2n) is 6.41. The van der Waals surface area contributed by atoms with Crippen molar-refractivity contribution in [2.45, 2.75) is 45.7 Å². The summed E-state index contributed by atoms with van der Waals surface area (Å²) in [5, 5.41) is 12.2. The lowest BCUT2D eigenvalue weighted by atomic mass is 9.85. The molecule has 0 bridgehead atoms. The predicted molar refractivity (Wildman–Crippen MR) is 73.4 cm³/mol. The van der Waals surface area contributed by atoms with Crippen LogP contribution in [0.3, 0.4) is 0 Å². The summed E-state index contributed by atoms with van der Waals surface area (Å²) in [7, 11) is 0. The van der Waals surface area contributed by atoms with Gasteiger partial charge in [0.2, 0.25) is 0 Å². The number of hydrogen-bond acceptors (Lipinski definition) is 3. The summed E-state index contributed by atoms with van der Waals surface area (Å²) < 4.78 is 5.25. The van der Waals surface area contributed by atoms with E-state index in [1.165, 1.54) is 0 Å². The molecule has 2 fully saturated rings. The van der Waals surface area contributed by atoms with Gasteiger partial charge in [-0.2, -0.15) is 0 Å². The summed E-state index contributed by atoms with van der Waals surface area (Å²) >= 11 is 0. The number of nitrogens with one attached hydrogen (secondary N) is 1. The van der Waals surface area contributed by atoms with E-state index in [9.17, 15) is 14.7 Å². The van der Waals surface area contributed by atoms with Crippen molar-refractivity contribution in [3.8, 4) is 0 Å². The number of likely N-dealkylation sites (tertiary alicyclic amines) is 1. The van der Waals surface area contributed by atoms with E-state index in [0.717, 1.165) is 19.4 Å². The average Bonchev–Trinajstić information content (AvgIpc) is 2.72. The second-order valence-corrected chi connectivity index (χ2v) is 6.41. The molecule has 4 atom stereocenters. The molecule has 0 saturated carbocycles. The lowest BCUT2D eigenvalue weighted by Crippen LogP contribution is -2.56. The normalized spacial score (nSPS) is 37.8. The molecule has 0 radical (unpaired) electrons. The lowest BCUT2D eigenvalue weighted by molar-refractivity contribution is -0.148. The number of urea groups is 1. The molecule has 2 amide bonds. The van der Waals surface area contributed by atoms with E-state index < -0.39 is 17.4 Å². The van der Waals surface area contributed by atoms with E-state index in [2.05, 4.69) is 12.2 Å². The van der Waals surface area contributed by atoms with E-state index in [4.69, 9.17) is 4.74 Å². The molecule has 0 aromatic rings. The number of rotatable bonds is 2. The number of carboxylic acids is 1. The van der Waals surface area contributed by atoms with Crippen LogP contribution in [0.1, 0.15) is 33.6 Å². The fraction of sp³-hybridized carbons (Fsp3) is 0.857. The number of aliphatic carboxylic acids is 1. The summed E-state index contributed by atoms with van der Waals surface area (Å²) in [6.45, 7) is 6.97. The molecule has 6 nitrogen and oxygen atoms in total. The minimum absolute atomic E-state index is 0.139. The number of amides is 2. The largest absolute Gasteiger partial charge is 0.481 e. The maximum absolute atomic E-state index is 12.3. The Hall–Kier alpha value is -1.30. The van der Waals surface area contributed by atoms with Crippen molar-refractivity contribution in [1.29, 1.82) is 0 Å². The SMILES string of the molecule is CC1CCN(C(=O)NC2COCC2(C)C(=O)O)C(C)C1. The summed E-state index contributed by atoms with van der Waals surface area (Å²) in [5.41, 5.74) is -1.04. The fourth-order valence-electron chi connectivity index (χ4n) is 3.03. The smallest absolute Gasteiger partial charge is 0.317 e. The monoisotopic (exact) mass is 284 g/mol. The number of piperidine rings is 1. The summed E-state index contributed by atoms with van der Waals surface area (Å²) in [6.07, 6.45) is 1.99. The van der Waals surface area contributed by atoms with Crippen molar-refractivity contribution in [1.82, 2.24) is 10.2 Å². The van der Waals surface area contributed by atoms with Crippen LogP contribution < -0.4 is 5.32 Å². The van der Waals surface area contributed by atoms with Crippen LogP contribution in [0.5, 0.6) is 0 Å². The van der Waals surface area contributed by atoms with Gasteiger partial charge >= 0.3 is 12.0 Å². The van der Waals surface area contributed by atoms with Gasteiger partial charge in [-0.1, -0.05) is 6.92 Å². The van der Waals surface area contributed by atoms with Crippen molar-refractivity contribution in [3.05, 3.63) is 0 Å². The Morgan fingerprint density at radius 3 is 2.70 bits per heavy atom. The van der Waals surface area contributed by atoms with Gasteiger partial charge in [-0.05, 0) is 32.6 Å². The molecule has 2 saturated heterocycles. The lowest BCUT2D eigenvalue weighted by Gasteiger charge is -2.38. The van der Waals surface area contributed by atoms with Gasteiger partial charge in [0.25, 0.3) is 0 Å². The Morgan fingerprint density at radius 2 is 2.10 bits per heavy atom. The highest BCUT2D eigenvalue weighted by Crippen LogP contribution is 2.29. The first kappa shape index (κ1) is 15.1. The van der Waals surface area contributed by atoms with Crippen molar-refractivity contribution in [2.24, 2.45) is 11.3 Å². The highest BCUT2D eigenvalue weighted by atomic mass is 16.5. The van der Waals surface area contributed by atoms with Crippen molar-refractivity contribution in [3.63, 3.8) is 0 Å². The number of carboxylic acid groups (broad SMARTS) is 1. The third-order valence-electron chi connectivity index (χ3n) is 4.64. The molecule has 2 heterocycles. The Balaban J connectivity index is 1.99. The maximum atomic E-state index is 12.3. The van der Waals surface area contributed by atoms with Crippen LogP contribution in [0.2, 0.25) is 0 Å². The molecular formula is C14H24N2O4. The van der Waals surface area contributed by atoms with E-state index in [1.54, 1.807) is 11.8 Å². The van der Waals surface area contributed by atoms with Crippen molar-refractivity contribution < 1.29 is 19.4 Å². The number of nitrogens with zero attached hydrogens (tertiary/aromatic N) is 1. The third-order valence-corrected chi connectivity index (χ3v) is 4.64. The highest BCUT2D eigenvalue weighted by Gasteiger charge is 2.48. The van der Waals surface area contributed by atoms with Crippen LogP contribution in [0.15, 0.2) is 0 Å². The van der Waals surface area contributed by atoms with E-state index in [0.29, 0.717) is 5.92 Å². The molecule has 114 valence electrons. The minimum Gasteiger partial charge on any atom is -0.481 e. The fourth-order valence-corrected chi connectivity index (χ4v) is 3.03. The number of carbonyl (C=O) groups is 2. The average molecular weight is 284 g/mol. The van der Waals surface area contributed by atoms with Crippen LogP contribution in [0.4, 0.5) is 4.79 Å². The molecule has 20 heavy (non-hydrogen) atoms. The number of ether oxygens (including phenoxy) is 1. The first-order chi connectivity index (χ1) is 9.34. The van der Waals surface area contributed by atoms with E-state index in [-0.39, 0.29) is 25.3 Å². The van der Waals surface area contributed by atoms with Crippen LogP contribution in [0.25, 0.3) is 0 Å². The molecule has 0 aromatic carbocycles. The zero-order valence-electron chi connectivity index (χ0n) is 12.4. The van der Waals surface area contributed by atoms with Gasteiger partial charge in [0.15, 0.2) is 0 Å². The first-order valence-electron chi connectivity index (χ1n) is 7.23. The Kier molecular flexibility index (Phi) is 4.22. The Labute approximate surface area is 119 Å². The van der Waals surface area contributed by atoms with Crippen LogP contribution >= 0.6 is 0 Å². The third kappa shape index (κ3) is 2.75. The van der Waals surface area contributed by atoms with Gasteiger partial charge in [0, 0.05) is 12.6 Å². The molecule has 2 aliphatic heterocycles. The molecule has 2 N–H and O–H groups in total.